The van der Waals surface area contributed by atoms with Crippen LogP contribution in [0.1, 0.15) is 43.5 Å². The van der Waals surface area contributed by atoms with Crippen LogP contribution in [0.25, 0.3) is 0 Å². The van der Waals surface area contributed by atoms with Gasteiger partial charge >= 0.3 is 0 Å². The number of aromatic nitrogens is 2. The summed E-state index contributed by atoms with van der Waals surface area (Å²) in [5.74, 6) is 0.717. The number of amides is 1. The fourth-order valence-corrected chi connectivity index (χ4v) is 3.75. The Morgan fingerprint density at radius 2 is 2.04 bits per heavy atom. The molecule has 1 heterocycles. The van der Waals surface area contributed by atoms with Crippen molar-refractivity contribution in [2.24, 2.45) is 5.92 Å². The van der Waals surface area contributed by atoms with Gasteiger partial charge in [0.1, 0.15) is 0 Å². The zero-order chi connectivity index (χ0) is 17.0. The fraction of sp³-hybridized carbons (Fsp3) is 0.765. The van der Waals surface area contributed by atoms with Gasteiger partial charge < -0.3 is 10.2 Å². The van der Waals surface area contributed by atoms with E-state index in [1.54, 1.807) is 0 Å². The van der Waals surface area contributed by atoms with Crippen molar-refractivity contribution in [3.63, 3.8) is 0 Å². The smallest absolute Gasteiger partial charge is 0.222 e. The highest BCUT2D eigenvalue weighted by Crippen LogP contribution is 2.25. The molecule has 1 fully saturated rings. The van der Waals surface area contributed by atoms with Gasteiger partial charge in [0, 0.05) is 24.7 Å². The molecule has 23 heavy (non-hydrogen) atoms. The summed E-state index contributed by atoms with van der Waals surface area (Å²) in [6, 6.07) is 0.325. The Balaban J connectivity index is 1.86. The monoisotopic (exact) mass is 384 g/mol. The first-order valence-electron chi connectivity index (χ1n) is 8.52. The number of carbonyl (C=O) groups is 1. The molecule has 1 aromatic rings. The van der Waals surface area contributed by atoms with E-state index in [1.165, 1.54) is 19.3 Å². The number of aryl methyl sites for hydroxylation is 2. The molecule has 1 aliphatic rings. The van der Waals surface area contributed by atoms with Crippen molar-refractivity contribution in [3.05, 3.63) is 15.9 Å². The molecule has 1 aliphatic carbocycles. The Morgan fingerprint density at radius 1 is 1.35 bits per heavy atom. The maximum atomic E-state index is 12.3. The number of hydrogen-bond acceptors (Lipinski definition) is 3. The molecule has 1 N–H and O–H groups in total. The summed E-state index contributed by atoms with van der Waals surface area (Å²) in [5, 5.41) is 7.73. The lowest BCUT2D eigenvalue weighted by Gasteiger charge is -2.34. The highest BCUT2D eigenvalue weighted by molar-refractivity contribution is 9.10. The summed E-state index contributed by atoms with van der Waals surface area (Å²) >= 11 is 3.53. The quantitative estimate of drug-likeness (QED) is 0.819. The molecule has 0 spiro atoms. The van der Waals surface area contributed by atoms with Crippen molar-refractivity contribution in [1.29, 1.82) is 0 Å². The van der Waals surface area contributed by atoms with Crippen LogP contribution < -0.4 is 5.32 Å². The average Bonchev–Trinajstić information content (AvgIpc) is 2.74. The molecule has 2 atom stereocenters. The third-order valence-corrected chi connectivity index (χ3v) is 5.85. The first kappa shape index (κ1) is 18.5. The lowest BCUT2D eigenvalue weighted by atomic mass is 9.84. The summed E-state index contributed by atoms with van der Waals surface area (Å²) in [6.07, 6.45) is 5.31. The zero-order valence-electron chi connectivity index (χ0n) is 14.7. The average molecular weight is 385 g/mol. The number of halogens is 1. The Labute approximate surface area is 147 Å². The summed E-state index contributed by atoms with van der Waals surface area (Å²) in [7, 11) is 4.21. The molecule has 0 radical (unpaired) electrons. The zero-order valence-corrected chi connectivity index (χ0v) is 16.3. The summed E-state index contributed by atoms with van der Waals surface area (Å²) in [4.78, 5) is 14.6. The van der Waals surface area contributed by atoms with E-state index in [4.69, 9.17) is 0 Å². The largest absolute Gasteiger partial charge is 0.353 e. The van der Waals surface area contributed by atoms with Gasteiger partial charge in [0.25, 0.3) is 0 Å². The van der Waals surface area contributed by atoms with Crippen LogP contribution in [-0.2, 0) is 11.3 Å². The molecule has 1 amide bonds. The first-order chi connectivity index (χ1) is 10.9. The van der Waals surface area contributed by atoms with Gasteiger partial charge in [-0.25, -0.2) is 0 Å². The van der Waals surface area contributed by atoms with Crippen molar-refractivity contribution in [2.75, 3.05) is 20.6 Å². The molecule has 6 heteroatoms. The predicted molar refractivity (Wildman–Crippen MR) is 96.5 cm³/mol. The van der Waals surface area contributed by atoms with Gasteiger partial charge in [-0.1, -0.05) is 12.8 Å². The van der Waals surface area contributed by atoms with Crippen LogP contribution in [0.2, 0.25) is 0 Å². The van der Waals surface area contributed by atoms with Crippen molar-refractivity contribution < 1.29 is 4.79 Å². The van der Waals surface area contributed by atoms with Crippen LogP contribution in [0, 0.1) is 19.8 Å². The third kappa shape index (κ3) is 5.05. The fourth-order valence-electron chi connectivity index (χ4n) is 3.46. The Hall–Kier alpha value is -0.880. The maximum Gasteiger partial charge on any atom is 0.222 e. The van der Waals surface area contributed by atoms with Crippen LogP contribution >= 0.6 is 15.9 Å². The van der Waals surface area contributed by atoms with Crippen molar-refractivity contribution in [2.45, 2.75) is 58.5 Å². The van der Waals surface area contributed by atoms with Gasteiger partial charge in [-0.3, -0.25) is 9.48 Å². The number of carbonyl (C=O) groups excluding carboxylic acids is 1. The number of nitrogens with one attached hydrogen (secondary N) is 1. The molecule has 130 valence electrons. The van der Waals surface area contributed by atoms with E-state index in [2.05, 4.69) is 45.3 Å². The molecule has 2 unspecified atom stereocenters. The van der Waals surface area contributed by atoms with Crippen LogP contribution in [0.3, 0.4) is 0 Å². The van der Waals surface area contributed by atoms with Gasteiger partial charge in [-0.05, 0) is 62.6 Å². The number of rotatable bonds is 6. The summed E-state index contributed by atoms with van der Waals surface area (Å²) in [6.45, 7) is 5.68. The van der Waals surface area contributed by atoms with Crippen LogP contribution in [0.4, 0.5) is 0 Å². The molecular formula is C17H29BrN4O. The minimum absolute atomic E-state index is 0.143. The second kappa shape index (κ2) is 8.29. The normalized spacial score (nSPS) is 21.7. The molecule has 0 aliphatic heterocycles. The molecule has 1 saturated carbocycles. The van der Waals surface area contributed by atoms with E-state index >= 15 is 0 Å². The Kier molecular flexibility index (Phi) is 6.65. The van der Waals surface area contributed by atoms with Crippen molar-refractivity contribution in [1.82, 2.24) is 20.0 Å². The predicted octanol–water partition coefficient (Wildman–Crippen LogP) is 2.89. The second-order valence-corrected chi connectivity index (χ2v) is 7.73. The Bertz CT molecular complexity index is 541. The minimum atomic E-state index is 0.143. The topological polar surface area (TPSA) is 50.2 Å². The third-order valence-electron chi connectivity index (χ3n) is 4.70. The van der Waals surface area contributed by atoms with Crippen LogP contribution in [0.5, 0.6) is 0 Å². The van der Waals surface area contributed by atoms with E-state index in [0.717, 1.165) is 28.8 Å². The first-order valence-corrected chi connectivity index (χ1v) is 9.31. The SMILES string of the molecule is Cc1nn(CCC(=O)NC2CCCCC2CN(C)C)c(C)c1Br. The molecular weight excluding hydrogens is 356 g/mol. The van der Waals surface area contributed by atoms with E-state index in [0.29, 0.717) is 24.9 Å². The van der Waals surface area contributed by atoms with E-state index in [-0.39, 0.29) is 5.91 Å². The van der Waals surface area contributed by atoms with Crippen molar-refractivity contribution in [3.8, 4) is 0 Å². The highest BCUT2D eigenvalue weighted by atomic mass is 79.9. The van der Waals surface area contributed by atoms with Gasteiger partial charge in [-0.2, -0.15) is 5.10 Å². The highest BCUT2D eigenvalue weighted by Gasteiger charge is 2.26. The van der Waals surface area contributed by atoms with Crippen LogP contribution in [-0.4, -0.2) is 47.3 Å². The van der Waals surface area contributed by atoms with Gasteiger partial charge in [0.2, 0.25) is 5.91 Å². The molecule has 0 bridgehead atoms. The van der Waals surface area contributed by atoms with E-state index in [1.807, 2.05) is 18.5 Å². The molecule has 2 rings (SSSR count). The van der Waals surface area contributed by atoms with Crippen LogP contribution in [0.15, 0.2) is 4.47 Å². The van der Waals surface area contributed by atoms with E-state index < -0.39 is 0 Å². The molecule has 0 saturated heterocycles. The standard InChI is InChI=1S/C17H29BrN4O/c1-12-17(18)13(2)22(20-12)10-9-16(23)19-15-8-6-5-7-14(15)11-21(3)4/h14-15H,5-11H2,1-4H3,(H,19,23). The summed E-state index contributed by atoms with van der Waals surface area (Å²) < 4.78 is 2.95. The molecule has 0 aromatic carbocycles. The lowest BCUT2D eigenvalue weighted by molar-refractivity contribution is -0.122. The summed E-state index contributed by atoms with van der Waals surface area (Å²) in [5.41, 5.74) is 2.06. The van der Waals surface area contributed by atoms with Gasteiger partial charge in [0.05, 0.1) is 16.7 Å². The molecule has 1 aromatic heterocycles. The number of hydrogen-bond donors (Lipinski definition) is 1. The van der Waals surface area contributed by atoms with Gasteiger partial charge in [-0.15, -0.1) is 0 Å². The minimum Gasteiger partial charge on any atom is -0.353 e. The van der Waals surface area contributed by atoms with E-state index in [9.17, 15) is 4.79 Å². The van der Waals surface area contributed by atoms with Crippen molar-refractivity contribution >= 4 is 21.8 Å². The second-order valence-electron chi connectivity index (χ2n) is 6.94. The Morgan fingerprint density at radius 3 is 2.65 bits per heavy atom. The molecule has 5 nitrogen and oxygen atoms in total. The number of nitrogens with zero attached hydrogens (tertiary/aromatic N) is 3. The van der Waals surface area contributed by atoms with Gasteiger partial charge in [0.15, 0.2) is 0 Å². The lowest BCUT2D eigenvalue weighted by Crippen LogP contribution is -2.45. The maximum absolute atomic E-state index is 12.3.